The van der Waals surface area contributed by atoms with Gasteiger partial charge in [-0.1, -0.05) is 6.92 Å². The highest BCUT2D eigenvalue weighted by molar-refractivity contribution is 5.89. The largest absolute Gasteiger partial charge is 0.462 e. The van der Waals surface area contributed by atoms with Crippen LogP contribution in [-0.2, 0) is 4.74 Å². The van der Waals surface area contributed by atoms with Crippen LogP contribution in [0, 0.1) is 0 Å². The topological polar surface area (TPSA) is 77.2 Å². The Morgan fingerprint density at radius 3 is 2.76 bits per heavy atom. The van der Waals surface area contributed by atoms with Crippen LogP contribution >= 0.6 is 0 Å². The van der Waals surface area contributed by atoms with Crippen LogP contribution in [0.2, 0.25) is 0 Å². The van der Waals surface area contributed by atoms with Crippen molar-refractivity contribution >= 4 is 11.8 Å². The van der Waals surface area contributed by atoms with Gasteiger partial charge in [-0.25, -0.2) is 9.78 Å². The van der Waals surface area contributed by atoms with Crippen molar-refractivity contribution in [1.82, 2.24) is 4.98 Å². The minimum absolute atomic E-state index is 0.205. The van der Waals surface area contributed by atoms with Gasteiger partial charge in [-0.3, -0.25) is 0 Å². The first-order valence-corrected chi connectivity index (χ1v) is 5.81. The fourth-order valence-electron chi connectivity index (χ4n) is 1.35. The van der Waals surface area contributed by atoms with Crippen LogP contribution in [0.25, 0.3) is 0 Å². The fraction of sp³-hybridized carbons (Fsp3) is 0.500. The lowest BCUT2D eigenvalue weighted by molar-refractivity contribution is 0.0526. The van der Waals surface area contributed by atoms with E-state index in [2.05, 4.69) is 17.2 Å². The van der Waals surface area contributed by atoms with Gasteiger partial charge in [0.25, 0.3) is 0 Å². The molecular weight excluding hydrogens is 218 g/mol. The summed E-state index contributed by atoms with van der Waals surface area (Å²) in [6.45, 7) is 4.74. The third-order valence-electron chi connectivity index (χ3n) is 2.40. The zero-order valence-electron chi connectivity index (χ0n) is 10.3. The van der Waals surface area contributed by atoms with Gasteiger partial charge >= 0.3 is 5.97 Å². The van der Waals surface area contributed by atoms with Gasteiger partial charge in [-0.05, 0) is 25.5 Å². The second kappa shape index (κ2) is 6.85. The SMILES string of the molecule is CCOC(=O)c1ccc(NC(CC)CN)nc1. The van der Waals surface area contributed by atoms with E-state index in [1.165, 1.54) is 6.20 Å². The van der Waals surface area contributed by atoms with Crippen molar-refractivity contribution in [2.75, 3.05) is 18.5 Å². The fourth-order valence-corrected chi connectivity index (χ4v) is 1.35. The average Bonchev–Trinajstić information content (AvgIpc) is 2.37. The molecule has 0 aliphatic heterocycles. The molecule has 0 radical (unpaired) electrons. The molecule has 0 aliphatic rings. The summed E-state index contributed by atoms with van der Waals surface area (Å²) in [5.41, 5.74) is 6.04. The molecule has 1 atom stereocenters. The second-order valence-electron chi connectivity index (χ2n) is 3.64. The third-order valence-corrected chi connectivity index (χ3v) is 2.40. The van der Waals surface area contributed by atoms with E-state index in [9.17, 15) is 4.79 Å². The summed E-state index contributed by atoms with van der Waals surface area (Å²) in [5, 5.41) is 3.19. The van der Waals surface area contributed by atoms with Gasteiger partial charge in [-0.2, -0.15) is 0 Å². The highest BCUT2D eigenvalue weighted by Gasteiger charge is 2.08. The number of esters is 1. The van der Waals surface area contributed by atoms with E-state index >= 15 is 0 Å². The van der Waals surface area contributed by atoms with Crippen LogP contribution in [0.15, 0.2) is 18.3 Å². The monoisotopic (exact) mass is 237 g/mol. The van der Waals surface area contributed by atoms with E-state index in [0.29, 0.717) is 18.7 Å². The van der Waals surface area contributed by atoms with Crippen molar-refractivity contribution < 1.29 is 9.53 Å². The number of hydrogen-bond acceptors (Lipinski definition) is 5. The van der Waals surface area contributed by atoms with Crippen molar-refractivity contribution in [3.63, 3.8) is 0 Å². The lowest BCUT2D eigenvalue weighted by atomic mass is 10.2. The number of nitrogens with two attached hydrogens (primary N) is 1. The molecule has 0 fully saturated rings. The van der Waals surface area contributed by atoms with Crippen molar-refractivity contribution in [2.45, 2.75) is 26.3 Å². The van der Waals surface area contributed by atoms with Crippen LogP contribution in [0.1, 0.15) is 30.6 Å². The number of nitrogens with one attached hydrogen (secondary N) is 1. The Morgan fingerprint density at radius 2 is 2.29 bits per heavy atom. The number of pyridine rings is 1. The third kappa shape index (κ3) is 4.03. The highest BCUT2D eigenvalue weighted by Crippen LogP contribution is 2.08. The van der Waals surface area contributed by atoms with Gasteiger partial charge in [-0.15, -0.1) is 0 Å². The van der Waals surface area contributed by atoms with Crippen molar-refractivity contribution in [1.29, 1.82) is 0 Å². The molecule has 0 amide bonds. The number of nitrogens with zero attached hydrogens (tertiary/aromatic N) is 1. The maximum absolute atomic E-state index is 11.4. The molecule has 1 unspecified atom stereocenters. The van der Waals surface area contributed by atoms with Crippen LogP contribution in [0.5, 0.6) is 0 Å². The predicted molar refractivity (Wildman–Crippen MR) is 66.9 cm³/mol. The van der Waals surface area contributed by atoms with Crippen LogP contribution in [-0.4, -0.2) is 30.1 Å². The van der Waals surface area contributed by atoms with Gasteiger partial charge < -0.3 is 15.8 Å². The average molecular weight is 237 g/mol. The summed E-state index contributed by atoms with van der Waals surface area (Å²) in [6.07, 6.45) is 2.43. The number of rotatable bonds is 6. The summed E-state index contributed by atoms with van der Waals surface area (Å²) < 4.78 is 4.87. The van der Waals surface area contributed by atoms with E-state index in [1.54, 1.807) is 19.1 Å². The normalized spacial score (nSPS) is 11.9. The van der Waals surface area contributed by atoms with E-state index in [4.69, 9.17) is 10.5 Å². The maximum atomic E-state index is 11.4. The quantitative estimate of drug-likeness (QED) is 0.731. The molecule has 1 heterocycles. The molecule has 94 valence electrons. The van der Waals surface area contributed by atoms with Crippen LogP contribution < -0.4 is 11.1 Å². The zero-order chi connectivity index (χ0) is 12.7. The summed E-state index contributed by atoms with van der Waals surface area (Å²) in [6, 6.07) is 3.65. The maximum Gasteiger partial charge on any atom is 0.339 e. The van der Waals surface area contributed by atoms with E-state index in [1.807, 2.05) is 0 Å². The molecule has 5 nitrogen and oxygen atoms in total. The summed E-state index contributed by atoms with van der Waals surface area (Å²) >= 11 is 0. The molecule has 1 aromatic rings. The minimum Gasteiger partial charge on any atom is -0.462 e. The number of aromatic nitrogens is 1. The molecule has 1 rings (SSSR count). The van der Waals surface area contributed by atoms with Gasteiger partial charge in [0.1, 0.15) is 5.82 Å². The Hall–Kier alpha value is -1.62. The standard InChI is InChI=1S/C12H19N3O2/c1-3-10(7-13)15-11-6-5-9(8-14-11)12(16)17-4-2/h5-6,8,10H,3-4,7,13H2,1-2H3,(H,14,15). The number of hydrogen-bond donors (Lipinski definition) is 2. The molecule has 0 spiro atoms. The summed E-state index contributed by atoms with van der Waals surface area (Å²) in [5.74, 6) is 0.368. The molecular formula is C12H19N3O2. The van der Waals surface area contributed by atoms with Gasteiger partial charge in [0.2, 0.25) is 0 Å². The van der Waals surface area contributed by atoms with Crippen LogP contribution in [0.3, 0.4) is 0 Å². The summed E-state index contributed by atoms with van der Waals surface area (Å²) in [4.78, 5) is 15.5. The number of anilines is 1. The molecule has 3 N–H and O–H groups in total. The van der Waals surface area contributed by atoms with Crippen molar-refractivity contribution in [3.05, 3.63) is 23.9 Å². The molecule has 1 aromatic heterocycles. The first-order chi connectivity index (χ1) is 8.21. The van der Waals surface area contributed by atoms with Gasteiger partial charge in [0.05, 0.1) is 12.2 Å². The predicted octanol–water partition coefficient (Wildman–Crippen LogP) is 1.41. The molecule has 0 bridgehead atoms. The lowest BCUT2D eigenvalue weighted by Gasteiger charge is -2.15. The minimum atomic E-state index is -0.350. The Bertz CT molecular complexity index is 347. The number of ether oxygens (including phenoxy) is 1. The molecule has 0 aliphatic carbocycles. The van der Waals surface area contributed by atoms with Gasteiger partial charge in [0.15, 0.2) is 0 Å². The first-order valence-electron chi connectivity index (χ1n) is 5.81. The first kappa shape index (κ1) is 13.4. The zero-order valence-corrected chi connectivity index (χ0v) is 10.3. The van der Waals surface area contributed by atoms with E-state index < -0.39 is 0 Å². The number of carbonyl (C=O) groups excluding carboxylic acids is 1. The Morgan fingerprint density at radius 1 is 1.53 bits per heavy atom. The van der Waals surface area contributed by atoms with Crippen LogP contribution in [0.4, 0.5) is 5.82 Å². The van der Waals surface area contributed by atoms with Crippen molar-refractivity contribution in [2.24, 2.45) is 5.73 Å². The second-order valence-corrected chi connectivity index (χ2v) is 3.64. The Kier molecular flexibility index (Phi) is 5.42. The van der Waals surface area contributed by atoms with E-state index in [-0.39, 0.29) is 12.0 Å². The number of carbonyl (C=O) groups is 1. The molecule has 5 heteroatoms. The Labute approximate surface area is 101 Å². The molecule has 17 heavy (non-hydrogen) atoms. The van der Waals surface area contributed by atoms with E-state index in [0.717, 1.165) is 12.2 Å². The molecule has 0 aromatic carbocycles. The van der Waals surface area contributed by atoms with Gasteiger partial charge in [0, 0.05) is 18.8 Å². The molecule has 0 saturated heterocycles. The highest BCUT2D eigenvalue weighted by atomic mass is 16.5. The lowest BCUT2D eigenvalue weighted by Crippen LogP contribution is -2.28. The molecule has 0 saturated carbocycles. The smallest absolute Gasteiger partial charge is 0.339 e. The van der Waals surface area contributed by atoms with Crippen molar-refractivity contribution in [3.8, 4) is 0 Å². The Balaban J connectivity index is 2.64. The summed E-state index contributed by atoms with van der Waals surface area (Å²) in [7, 11) is 0.